The molecule has 2 rings (SSSR count). The molecule has 0 aliphatic carbocycles. The second-order valence-electron chi connectivity index (χ2n) is 7.34. The average molecular weight is 331 g/mol. The Balaban J connectivity index is 2.21. The third kappa shape index (κ3) is 4.45. The van der Waals surface area contributed by atoms with Gasteiger partial charge in [0.25, 0.3) is 0 Å². The van der Waals surface area contributed by atoms with Crippen molar-refractivity contribution in [1.29, 1.82) is 0 Å². The van der Waals surface area contributed by atoms with Crippen molar-refractivity contribution >= 4 is 11.9 Å². The van der Waals surface area contributed by atoms with Gasteiger partial charge in [-0.2, -0.15) is 0 Å². The molecule has 1 aromatic carbocycles. The zero-order chi connectivity index (χ0) is 17.9. The number of aliphatic carboxylic acids is 1. The molecule has 2 atom stereocenters. The van der Waals surface area contributed by atoms with Gasteiger partial charge in [-0.1, -0.05) is 50.6 Å². The SMILES string of the molecule is Cc1cccc(C(OC(=O)C=C2CNC[C@@H]2C(=O)O)C(C)(C)C)c1. The molecular weight excluding hydrogens is 306 g/mol. The van der Waals surface area contributed by atoms with Gasteiger partial charge in [-0.3, -0.25) is 4.79 Å². The molecule has 1 aliphatic rings. The lowest BCUT2D eigenvalue weighted by molar-refractivity contribution is -0.149. The molecule has 0 spiro atoms. The maximum absolute atomic E-state index is 12.4. The Morgan fingerprint density at radius 3 is 2.67 bits per heavy atom. The van der Waals surface area contributed by atoms with E-state index in [1.54, 1.807) is 0 Å². The standard InChI is InChI=1S/C19H25NO4/c1-12-6-5-7-13(8-12)17(19(2,3)4)24-16(21)9-14-10-20-11-15(14)18(22)23/h5-9,15,17,20H,10-11H2,1-4H3,(H,22,23)/t15-,17?/m0/s1. The first-order valence-corrected chi connectivity index (χ1v) is 8.09. The minimum absolute atomic E-state index is 0.276. The van der Waals surface area contributed by atoms with E-state index in [1.165, 1.54) is 6.08 Å². The van der Waals surface area contributed by atoms with Crippen molar-refractivity contribution in [3.05, 3.63) is 47.0 Å². The number of carbonyl (C=O) groups excluding carboxylic acids is 1. The van der Waals surface area contributed by atoms with Crippen molar-refractivity contribution in [1.82, 2.24) is 5.32 Å². The molecule has 2 N–H and O–H groups in total. The van der Waals surface area contributed by atoms with Crippen LogP contribution in [0.2, 0.25) is 0 Å². The van der Waals surface area contributed by atoms with E-state index in [0.29, 0.717) is 18.7 Å². The van der Waals surface area contributed by atoms with Crippen LogP contribution in [0.25, 0.3) is 0 Å². The second kappa shape index (κ2) is 7.18. The van der Waals surface area contributed by atoms with Crippen molar-refractivity contribution in [2.45, 2.75) is 33.8 Å². The minimum Gasteiger partial charge on any atom is -0.481 e. The number of ether oxygens (including phenoxy) is 1. The summed E-state index contributed by atoms with van der Waals surface area (Å²) in [7, 11) is 0. The number of benzene rings is 1. The molecule has 1 aromatic rings. The molecule has 1 aliphatic heterocycles. The highest BCUT2D eigenvalue weighted by atomic mass is 16.5. The summed E-state index contributed by atoms with van der Waals surface area (Å²) in [5, 5.41) is 12.2. The Morgan fingerprint density at radius 2 is 2.08 bits per heavy atom. The van der Waals surface area contributed by atoms with Gasteiger partial charge in [-0.15, -0.1) is 0 Å². The van der Waals surface area contributed by atoms with Crippen LogP contribution >= 0.6 is 0 Å². The van der Waals surface area contributed by atoms with Gasteiger partial charge < -0.3 is 15.2 Å². The molecule has 0 bridgehead atoms. The summed E-state index contributed by atoms with van der Waals surface area (Å²) in [5.74, 6) is -2.09. The van der Waals surface area contributed by atoms with Crippen LogP contribution in [0.3, 0.4) is 0 Å². The summed E-state index contributed by atoms with van der Waals surface area (Å²) in [6.45, 7) is 8.77. The van der Waals surface area contributed by atoms with E-state index in [9.17, 15) is 14.7 Å². The first-order valence-electron chi connectivity index (χ1n) is 8.09. The average Bonchev–Trinajstić information content (AvgIpc) is 2.91. The summed E-state index contributed by atoms with van der Waals surface area (Å²) >= 11 is 0. The molecule has 1 fully saturated rings. The molecule has 1 saturated heterocycles. The van der Waals surface area contributed by atoms with Crippen LogP contribution in [-0.4, -0.2) is 30.1 Å². The first-order chi connectivity index (χ1) is 11.2. The van der Waals surface area contributed by atoms with E-state index in [4.69, 9.17) is 4.74 Å². The van der Waals surface area contributed by atoms with Crippen LogP contribution < -0.4 is 5.32 Å². The quantitative estimate of drug-likeness (QED) is 0.655. The summed E-state index contributed by atoms with van der Waals surface area (Å²) in [4.78, 5) is 23.6. The van der Waals surface area contributed by atoms with E-state index in [-0.39, 0.29) is 5.41 Å². The minimum atomic E-state index is -0.926. The predicted molar refractivity (Wildman–Crippen MR) is 91.5 cm³/mol. The van der Waals surface area contributed by atoms with Crippen molar-refractivity contribution in [3.8, 4) is 0 Å². The maximum Gasteiger partial charge on any atom is 0.331 e. The molecule has 5 heteroatoms. The Labute approximate surface area is 142 Å². The fraction of sp³-hybridized carbons (Fsp3) is 0.474. The Hall–Kier alpha value is -2.14. The molecule has 1 heterocycles. The topological polar surface area (TPSA) is 75.6 Å². The third-order valence-corrected chi connectivity index (χ3v) is 4.09. The van der Waals surface area contributed by atoms with E-state index in [1.807, 2.05) is 52.0 Å². The Kier molecular flexibility index (Phi) is 5.44. The number of esters is 1. The predicted octanol–water partition coefficient (Wildman–Crippen LogP) is 2.86. The fourth-order valence-corrected chi connectivity index (χ4v) is 2.89. The van der Waals surface area contributed by atoms with Crippen molar-refractivity contribution in [2.75, 3.05) is 13.1 Å². The van der Waals surface area contributed by atoms with E-state index in [2.05, 4.69) is 5.32 Å². The number of rotatable bonds is 4. The maximum atomic E-state index is 12.4. The Morgan fingerprint density at radius 1 is 1.38 bits per heavy atom. The molecular formula is C19H25NO4. The lowest BCUT2D eigenvalue weighted by atomic mass is 9.84. The fourth-order valence-electron chi connectivity index (χ4n) is 2.89. The molecule has 1 unspecified atom stereocenters. The van der Waals surface area contributed by atoms with E-state index < -0.39 is 24.0 Å². The van der Waals surface area contributed by atoms with Crippen LogP contribution in [-0.2, 0) is 14.3 Å². The van der Waals surface area contributed by atoms with E-state index >= 15 is 0 Å². The van der Waals surface area contributed by atoms with Crippen LogP contribution in [0.15, 0.2) is 35.9 Å². The molecule has 0 aromatic heterocycles. The molecule has 0 saturated carbocycles. The lowest BCUT2D eigenvalue weighted by Crippen LogP contribution is -2.24. The van der Waals surface area contributed by atoms with Gasteiger partial charge in [0.1, 0.15) is 6.10 Å². The van der Waals surface area contributed by atoms with Crippen molar-refractivity contribution in [2.24, 2.45) is 11.3 Å². The highest BCUT2D eigenvalue weighted by Crippen LogP contribution is 2.36. The second-order valence-corrected chi connectivity index (χ2v) is 7.34. The smallest absolute Gasteiger partial charge is 0.331 e. The van der Waals surface area contributed by atoms with Gasteiger partial charge in [0, 0.05) is 24.6 Å². The zero-order valence-corrected chi connectivity index (χ0v) is 14.6. The zero-order valence-electron chi connectivity index (χ0n) is 14.6. The Bertz CT molecular complexity index is 658. The van der Waals surface area contributed by atoms with Gasteiger partial charge in [0.15, 0.2) is 0 Å². The number of aryl methyl sites for hydroxylation is 1. The number of carboxylic acid groups (broad SMARTS) is 1. The molecule has 0 amide bonds. The van der Waals surface area contributed by atoms with Gasteiger partial charge >= 0.3 is 11.9 Å². The molecule has 5 nitrogen and oxygen atoms in total. The summed E-state index contributed by atoms with van der Waals surface area (Å²) in [6.07, 6.45) is 0.923. The summed E-state index contributed by atoms with van der Waals surface area (Å²) < 4.78 is 5.71. The van der Waals surface area contributed by atoms with Gasteiger partial charge in [0.2, 0.25) is 0 Å². The number of hydrogen-bond acceptors (Lipinski definition) is 4. The van der Waals surface area contributed by atoms with E-state index in [0.717, 1.165) is 11.1 Å². The highest BCUT2D eigenvalue weighted by molar-refractivity contribution is 5.86. The molecule has 130 valence electrons. The highest BCUT2D eigenvalue weighted by Gasteiger charge is 2.31. The molecule has 24 heavy (non-hydrogen) atoms. The first kappa shape index (κ1) is 18.2. The van der Waals surface area contributed by atoms with Crippen LogP contribution in [0.1, 0.15) is 38.0 Å². The van der Waals surface area contributed by atoms with Crippen molar-refractivity contribution < 1.29 is 19.4 Å². The van der Waals surface area contributed by atoms with Crippen LogP contribution in [0, 0.1) is 18.3 Å². The van der Waals surface area contributed by atoms with Gasteiger partial charge in [-0.05, 0) is 18.1 Å². The van der Waals surface area contributed by atoms with Crippen LogP contribution in [0.5, 0.6) is 0 Å². The lowest BCUT2D eigenvalue weighted by Gasteiger charge is -2.30. The van der Waals surface area contributed by atoms with Crippen molar-refractivity contribution in [3.63, 3.8) is 0 Å². The summed E-state index contributed by atoms with van der Waals surface area (Å²) in [6, 6.07) is 7.89. The monoisotopic (exact) mass is 331 g/mol. The number of carboxylic acids is 1. The van der Waals surface area contributed by atoms with Gasteiger partial charge in [0.05, 0.1) is 5.92 Å². The molecule has 0 radical (unpaired) electrons. The van der Waals surface area contributed by atoms with Crippen LogP contribution in [0.4, 0.5) is 0 Å². The largest absolute Gasteiger partial charge is 0.481 e. The number of nitrogens with one attached hydrogen (secondary N) is 1. The van der Waals surface area contributed by atoms with Gasteiger partial charge in [-0.25, -0.2) is 4.79 Å². The summed E-state index contributed by atoms with van der Waals surface area (Å²) in [5.41, 5.74) is 2.32. The number of carbonyl (C=O) groups is 2. The normalized spacial score (nSPS) is 20.8. The third-order valence-electron chi connectivity index (χ3n) is 4.09. The number of hydrogen-bond donors (Lipinski definition) is 2.